The molecule has 0 bridgehead atoms. The third-order valence-corrected chi connectivity index (χ3v) is 5.75. The number of rotatable bonds is 10. The predicted molar refractivity (Wildman–Crippen MR) is 114 cm³/mol. The molecule has 1 aromatic carbocycles. The van der Waals surface area contributed by atoms with Crippen molar-refractivity contribution in [3.63, 3.8) is 0 Å². The van der Waals surface area contributed by atoms with Crippen molar-refractivity contribution in [1.29, 1.82) is 0 Å². The van der Waals surface area contributed by atoms with Gasteiger partial charge in [0.25, 0.3) is 0 Å². The van der Waals surface area contributed by atoms with Crippen LogP contribution in [0, 0.1) is 0 Å². The molecule has 2 heterocycles. The molecular weight excluding hydrogens is 334 g/mol. The molecule has 27 heavy (non-hydrogen) atoms. The van der Waals surface area contributed by atoms with Gasteiger partial charge in [-0.3, -0.25) is 0 Å². The molecule has 150 valence electrons. The van der Waals surface area contributed by atoms with E-state index in [0.717, 1.165) is 49.7 Å². The molecule has 2 aliphatic rings. The SMILES string of the molecule is C=C(NCCN1CCCCC1)c1ccc(OCCCN2CCCCC2)cc1. The van der Waals surface area contributed by atoms with Crippen LogP contribution in [0.5, 0.6) is 5.75 Å². The van der Waals surface area contributed by atoms with Crippen molar-refractivity contribution < 1.29 is 4.74 Å². The summed E-state index contributed by atoms with van der Waals surface area (Å²) >= 11 is 0. The number of nitrogens with one attached hydrogen (secondary N) is 1. The van der Waals surface area contributed by atoms with Crippen LogP contribution >= 0.6 is 0 Å². The van der Waals surface area contributed by atoms with Crippen molar-refractivity contribution >= 4 is 5.70 Å². The van der Waals surface area contributed by atoms with E-state index in [2.05, 4.69) is 46.0 Å². The first-order valence-electron chi connectivity index (χ1n) is 10.9. The van der Waals surface area contributed by atoms with Gasteiger partial charge in [0.05, 0.1) is 6.61 Å². The zero-order valence-corrected chi connectivity index (χ0v) is 16.9. The number of ether oxygens (including phenoxy) is 1. The lowest BCUT2D eigenvalue weighted by atomic mass is 10.1. The molecule has 4 nitrogen and oxygen atoms in total. The molecule has 0 amide bonds. The molecule has 2 fully saturated rings. The third kappa shape index (κ3) is 7.19. The van der Waals surface area contributed by atoms with Gasteiger partial charge < -0.3 is 19.9 Å². The van der Waals surface area contributed by atoms with Crippen LogP contribution in [0.15, 0.2) is 30.8 Å². The topological polar surface area (TPSA) is 27.7 Å². The monoisotopic (exact) mass is 371 g/mol. The number of piperidine rings is 2. The molecule has 0 aromatic heterocycles. The summed E-state index contributed by atoms with van der Waals surface area (Å²) in [5.41, 5.74) is 2.15. The van der Waals surface area contributed by atoms with E-state index in [1.165, 1.54) is 64.7 Å². The Morgan fingerprint density at radius 2 is 1.44 bits per heavy atom. The summed E-state index contributed by atoms with van der Waals surface area (Å²) in [4.78, 5) is 5.11. The maximum atomic E-state index is 5.91. The summed E-state index contributed by atoms with van der Waals surface area (Å²) in [6, 6.07) is 8.34. The molecular formula is C23H37N3O. The molecule has 3 rings (SSSR count). The standard InChI is InChI=1S/C23H37N3O/c1-21(24-13-19-26-16-6-3-7-17-26)22-9-11-23(12-10-22)27-20-8-18-25-14-4-2-5-15-25/h9-12,24H,1-8,13-20H2. The first-order valence-corrected chi connectivity index (χ1v) is 10.9. The van der Waals surface area contributed by atoms with Crippen molar-refractivity contribution in [3.8, 4) is 5.75 Å². The van der Waals surface area contributed by atoms with E-state index in [-0.39, 0.29) is 0 Å². The quantitative estimate of drug-likeness (QED) is 0.630. The van der Waals surface area contributed by atoms with Gasteiger partial charge in [0, 0.05) is 25.3 Å². The highest BCUT2D eigenvalue weighted by atomic mass is 16.5. The fraction of sp³-hybridized carbons (Fsp3) is 0.652. The lowest BCUT2D eigenvalue weighted by Gasteiger charge is -2.26. The minimum Gasteiger partial charge on any atom is -0.494 e. The van der Waals surface area contributed by atoms with E-state index in [1.54, 1.807) is 0 Å². The first-order chi connectivity index (χ1) is 13.3. The maximum Gasteiger partial charge on any atom is 0.119 e. The summed E-state index contributed by atoms with van der Waals surface area (Å²) in [5.74, 6) is 0.957. The van der Waals surface area contributed by atoms with Gasteiger partial charge in [-0.2, -0.15) is 0 Å². The molecule has 0 aliphatic carbocycles. The van der Waals surface area contributed by atoms with E-state index in [4.69, 9.17) is 4.74 Å². The average molecular weight is 372 g/mol. The smallest absolute Gasteiger partial charge is 0.119 e. The number of benzene rings is 1. The van der Waals surface area contributed by atoms with Crippen molar-refractivity contribution in [2.24, 2.45) is 0 Å². The second-order valence-corrected chi connectivity index (χ2v) is 7.94. The molecule has 0 atom stereocenters. The molecule has 2 saturated heterocycles. The Hall–Kier alpha value is -1.52. The lowest BCUT2D eigenvalue weighted by molar-refractivity contribution is 0.205. The molecule has 4 heteroatoms. The van der Waals surface area contributed by atoms with E-state index in [1.807, 2.05) is 0 Å². The Morgan fingerprint density at radius 1 is 0.852 bits per heavy atom. The summed E-state index contributed by atoms with van der Waals surface area (Å²) in [7, 11) is 0. The van der Waals surface area contributed by atoms with Gasteiger partial charge in [-0.1, -0.05) is 19.4 Å². The fourth-order valence-corrected chi connectivity index (χ4v) is 4.06. The van der Waals surface area contributed by atoms with E-state index in [9.17, 15) is 0 Å². The molecule has 0 spiro atoms. The molecule has 0 saturated carbocycles. The minimum atomic E-state index is 0.797. The van der Waals surface area contributed by atoms with Crippen LogP contribution in [0.3, 0.4) is 0 Å². The molecule has 1 N–H and O–H groups in total. The zero-order chi connectivity index (χ0) is 18.7. The highest BCUT2D eigenvalue weighted by molar-refractivity contribution is 5.62. The number of nitrogens with zero attached hydrogens (tertiary/aromatic N) is 2. The van der Waals surface area contributed by atoms with Gasteiger partial charge in [0.1, 0.15) is 5.75 Å². The van der Waals surface area contributed by atoms with Gasteiger partial charge in [0.2, 0.25) is 0 Å². The van der Waals surface area contributed by atoms with E-state index in [0.29, 0.717) is 0 Å². The second kappa shape index (κ2) is 11.4. The van der Waals surface area contributed by atoms with Crippen molar-refractivity contribution in [2.45, 2.75) is 44.9 Å². The van der Waals surface area contributed by atoms with Crippen molar-refractivity contribution in [2.75, 3.05) is 52.4 Å². The summed E-state index contributed by atoms with van der Waals surface area (Å²) in [5, 5.41) is 3.47. The predicted octanol–water partition coefficient (Wildman–Crippen LogP) is 3.99. The van der Waals surface area contributed by atoms with Gasteiger partial charge in [-0.05, 0) is 88.1 Å². The van der Waals surface area contributed by atoms with Crippen LogP contribution in [-0.2, 0) is 0 Å². The van der Waals surface area contributed by atoms with Crippen LogP contribution in [-0.4, -0.2) is 62.2 Å². The lowest BCUT2D eigenvalue weighted by Crippen LogP contribution is -2.35. The highest BCUT2D eigenvalue weighted by Gasteiger charge is 2.10. The Balaban J connectivity index is 1.30. The number of hydrogen-bond acceptors (Lipinski definition) is 4. The largest absolute Gasteiger partial charge is 0.494 e. The fourth-order valence-electron chi connectivity index (χ4n) is 4.06. The Bertz CT molecular complexity index is 545. The van der Waals surface area contributed by atoms with Crippen molar-refractivity contribution in [1.82, 2.24) is 15.1 Å². The number of likely N-dealkylation sites (tertiary alicyclic amines) is 2. The molecule has 0 radical (unpaired) electrons. The summed E-state index contributed by atoms with van der Waals surface area (Å²) in [6.07, 6.45) is 9.31. The number of hydrogen-bond donors (Lipinski definition) is 1. The van der Waals surface area contributed by atoms with Gasteiger partial charge >= 0.3 is 0 Å². The minimum absolute atomic E-state index is 0.797. The summed E-state index contributed by atoms with van der Waals surface area (Å²) in [6.45, 7) is 13.2. The molecule has 0 unspecified atom stereocenters. The highest BCUT2D eigenvalue weighted by Crippen LogP contribution is 2.17. The van der Waals surface area contributed by atoms with Crippen LogP contribution in [0.4, 0.5) is 0 Å². The third-order valence-electron chi connectivity index (χ3n) is 5.75. The summed E-state index contributed by atoms with van der Waals surface area (Å²) < 4.78 is 5.91. The van der Waals surface area contributed by atoms with Gasteiger partial charge in [0.15, 0.2) is 0 Å². The molecule has 1 aromatic rings. The van der Waals surface area contributed by atoms with Crippen LogP contribution < -0.4 is 10.1 Å². The van der Waals surface area contributed by atoms with Gasteiger partial charge in [-0.25, -0.2) is 0 Å². The zero-order valence-electron chi connectivity index (χ0n) is 16.9. The van der Waals surface area contributed by atoms with Crippen molar-refractivity contribution in [3.05, 3.63) is 36.4 Å². The first kappa shape index (κ1) is 20.2. The Kier molecular flexibility index (Phi) is 8.50. The normalized spacial score (nSPS) is 19.0. The molecule has 2 aliphatic heterocycles. The second-order valence-electron chi connectivity index (χ2n) is 7.94. The Labute approximate surface area is 165 Å². The van der Waals surface area contributed by atoms with E-state index < -0.39 is 0 Å². The van der Waals surface area contributed by atoms with E-state index >= 15 is 0 Å². The van der Waals surface area contributed by atoms with Gasteiger partial charge in [-0.15, -0.1) is 0 Å². The van der Waals surface area contributed by atoms with Crippen LogP contribution in [0.2, 0.25) is 0 Å². The Morgan fingerprint density at radius 3 is 2.07 bits per heavy atom. The average Bonchev–Trinajstić information content (AvgIpc) is 2.73. The van der Waals surface area contributed by atoms with Crippen LogP contribution in [0.25, 0.3) is 5.70 Å². The van der Waals surface area contributed by atoms with Crippen LogP contribution in [0.1, 0.15) is 50.5 Å². The maximum absolute atomic E-state index is 5.91.